The zero-order valence-electron chi connectivity index (χ0n) is 8.69. The van der Waals surface area contributed by atoms with E-state index in [1.54, 1.807) is 6.92 Å². The van der Waals surface area contributed by atoms with Crippen LogP contribution in [0.5, 0.6) is 0 Å². The summed E-state index contributed by atoms with van der Waals surface area (Å²) in [6, 6.07) is -1.01. The van der Waals surface area contributed by atoms with E-state index in [1.165, 1.54) is 0 Å². The number of terminal acetylenes is 1. The van der Waals surface area contributed by atoms with Gasteiger partial charge in [0.25, 0.3) is 0 Å². The molecule has 0 bridgehead atoms. The highest BCUT2D eigenvalue weighted by molar-refractivity contribution is 5.84. The monoisotopic (exact) mass is 212 g/mol. The van der Waals surface area contributed by atoms with E-state index in [0.29, 0.717) is 13.0 Å². The number of carboxylic acid groups (broad SMARTS) is 1. The minimum atomic E-state index is -1.12. The number of hydrogen-bond acceptors (Lipinski definition) is 3. The van der Waals surface area contributed by atoms with Crippen molar-refractivity contribution in [3.05, 3.63) is 0 Å². The fraction of sp³-hybridized carbons (Fsp3) is 0.600. The van der Waals surface area contributed by atoms with Crippen LogP contribution in [0.25, 0.3) is 0 Å². The Hall–Kier alpha value is -1.54. The molecule has 15 heavy (non-hydrogen) atoms. The van der Waals surface area contributed by atoms with E-state index in [1.807, 2.05) is 0 Å². The van der Waals surface area contributed by atoms with Crippen LogP contribution in [-0.2, 0) is 9.59 Å². The van der Waals surface area contributed by atoms with Crippen molar-refractivity contribution in [1.29, 1.82) is 0 Å². The summed E-state index contributed by atoms with van der Waals surface area (Å²) in [5, 5.41) is 11.1. The lowest BCUT2D eigenvalue weighted by Crippen LogP contribution is -2.43. The highest BCUT2D eigenvalue weighted by Gasteiger charge is 2.21. The number of aliphatic carboxylic acids is 1. The van der Waals surface area contributed by atoms with Crippen LogP contribution in [0.1, 0.15) is 19.8 Å². The van der Waals surface area contributed by atoms with E-state index < -0.39 is 12.0 Å². The first kappa shape index (κ1) is 13.5. The molecule has 5 nitrogen and oxygen atoms in total. The van der Waals surface area contributed by atoms with Gasteiger partial charge in [-0.3, -0.25) is 4.79 Å². The molecule has 5 heteroatoms. The number of carbonyl (C=O) groups excluding carboxylic acids is 1. The smallest absolute Gasteiger partial charge is 0.327 e. The molecule has 0 heterocycles. The van der Waals surface area contributed by atoms with Crippen molar-refractivity contribution in [2.24, 2.45) is 11.7 Å². The summed E-state index contributed by atoms with van der Waals surface area (Å²) < 4.78 is 0. The number of rotatable bonds is 6. The van der Waals surface area contributed by atoms with Gasteiger partial charge in [-0.1, -0.05) is 6.92 Å². The normalized spacial score (nSPS) is 13.7. The molecule has 0 saturated heterocycles. The molecule has 2 unspecified atom stereocenters. The van der Waals surface area contributed by atoms with Gasteiger partial charge >= 0.3 is 5.97 Å². The quantitative estimate of drug-likeness (QED) is 0.521. The standard InChI is InChI=1S/C10H16N2O3/c1-3-4-8(10(14)15)12-9(13)7(2)5-6-11/h1,7-8H,4-6,11H2,2H3,(H,12,13)(H,14,15). The summed E-state index contributed by atoms with van der Waals surface area (Å²) in [7, 11) is 0. The third-order valence-corrected chi connectivity index (χ3v) is 1.98. The number of amides is 1. The van der Waals surface area contributed by atoms with E-state index in [0.717, 1.165) is 0 Å². The van der Waals surface area contributed by atoms with Gasteiger partial charge in [0.1, 0.15) is 6.04 Å². The minimum Gasteiger partial charge on any atom is -0.480 e. The molecule has 0 aliphatic carbocycles. The molecule has 0 radical (unpaired) electrons. The van der Waals surface area contributed by atoms with Crippen LogP contribution in [0.3, 0.4) is 0 Å². The molecule has 0 aromatic rings. The van der Waals surface area contributed by atoms with Crippen LogP contribution in [0.2, 0.25) is 0 Å². The zero-order chi connectivity index (χ0) is 11.8. The summed E-state index contributed by atoms with van der Waals surface area (Å²) in [5.74, 6) is 0.454. The Morgan fingerprint density at radius 1 is 1.60 bits per heavy atom. The molecule has 0 aliphatic rings. The second-order valence-corrected chi connectivity index (χ2v) is 3.29. The molecular formula is C10H16N2O3. The van der Waals surface area contributed by atoms with E-state index in [-0.39, 0.29) is 18.2 Å². The highest BCUT2D eigenvalue weighted by atomic mass is 16.4. The SMILES string of the molecule is C#CCC(NC(=O)C(C)CCN)C(=O)O. The minimum absolute atomic E-state index is 0.0174. The summed E-state index contributed by atoms with van der Waals surface area (Å²) >= 11 is 0. The molecule has 0 aromatic heterocycles. The van der Waals surface area contributed by atoms with Crippen molar-refractivity contribution in [2.75, 3.05) is 6.54 Å². The average molecular weight is 212 g/mol. The summed E-state index contributed by atoms with van der Waals surface area (Å²) in [4.78, 5) is 22.1. The van der Waals surface area contributed by atoms with Gasteiger partial charge < -0.3 is 16.2 Å². The molecule has 84 valence electrons. The molecule has 0 aliphatic heterocycles. The van der Waals surface area contributed by atoms with Gasteiger partial charge in [0.15, 0.2) is 0 Å². The van der Waals surface area contributed by atoms with Crippen molar-refractivity contribution in [2.45, 2.75) is 25.8 Å². The van der Waals surface area contributed by atoms with Crippen LogP contribution in [-0.4, -0.2) is 29.6 Å². The maximum atomic E-state index is 11.4. The van der Waals surface area contributed by atoms with E-state index in [2.05, 4.69) is 11.2 Å². The number of nitrogens with one attached hydrogen (secondary N) is 1. The zero-order valence-corrected chi connectivity index (χ0v) is 8.69. The molecular weight excluding hydrogens is 196 g/mol. The first-order chi connectivity index (χ1) is 7.02. The predicted octanol–water partition coefficient (Wildman–Crippen LogP) is -0.436. The highest BCUT2D eigenvalue weighted by Crippen LogP contribution is 2.01. The third-order valence-electron chi connectivity index (χ3n) is 1.98. The van der Waals surface area contributed by atoms with Crippen molar-refractivity contribution in [1.82, 2.24) is 5.32 Å². The first-order valence-electron chi connectivity index (χ1n) is 4.69. The molecule has 0 rings (SSSR count). The second kappa shape index (κ2) is 6.85. The summed E-state index contributed by atoms with van der Waals surface area (Å²) in [5.41, 5.74) is 5.29. The van der Waals surface area contributed by atoms with Gasteiger partial charge in [-0.15, -0.1) is 12.3 Å². The van der Waals surface area contributed by atoms with Crippen LogP contribution in [0.4, 0.5) is 0 Å². The maximum absolute atomic E-state index is 11.4. The van der Waals surface area contributed by atoms with Crippen LogP contribution in [0, 0.1) is 18.3 Å². The molecule has 0 aromatic carbocycles. The number of hydrogen-bond donors (Lipinski definition) is 3. The molecule has 4 N–H and O–H groups in total. The van der Waals surface area contributed by atoms with E-state index in [4.69, 9.17) is 17.3 Å². The van der Waals surface area contributed by atoms with Gasteiger partial charge in [-0.2, -0.15) is 0 Å². The largest absolute Gasteiger partial charge is 0.480 e. The molecule has 1 amide bonds. The Labute approximate surface area is 89.0 Å². The van der Waals surface area contributed by atoms with Crippen LogP contribution in [0.15, 0.2) is 0 Å². The topological polar surface area (TPSA) is 92.4 Å². The van der Waals surface area contributed by atoms with Gasteiger partial charge in [-0.05, 0) is 13.0 Å². The second-order valence-electron chi connectivity index (χ2n) is 3.29. The fourth-order valence-corrected chi connectivity index (χ4v) is 1.01. The Balaban J connectivity index is 4.23. The maximum Gasteiger partial charge on any atom is 0.327 e. The molecule has 2 atom stereocenters. The molecule has 0 saturated carbocycles. The Morgan fingerprint density at radius 2 is 2.20 bits per heavy atom. The summed E-state index contributed by atoms with van der Waals surface area (Å²) in [6.07, 6.45) is 5.50. The fourth-order valence-electron chi connectivity index (χ4n) is 1.01. The first-order valence-corrected chi connectivity index (χ1v) is 4.69. The van der Waals surface area contributed by atoms with Crippen molar-refractivity contribution >= 4 is 11.9 Å². The average Bonchev–Trinajstić information content (AvgIpc) is 2.17. The van der Waals surface area contributed by atoms with Gasteiger partial charge in [0.05, 0.1) is 0 Å². The lowest BCUT2D eigenvalue weighted by molar-refractivity contribution is -0.142. The summed E-state index contributed by atoms with van der Waals surface area (Å²) in [6.45, 7) is 2.08. The predicted molar refractivity (Wildman–Crippen MR) is 55.9 cm³/mol. The van der Waals surface area contributed by atoms with Crippen molar-refractivity contribution in [3.8, 4) is 12.3 Å². The molecule has 0 fully saturated rings. The van der Waals surface area contributed by atoms with E-state index in [9.17, 15) is 9.59 Å². The third kappa shape index (κ3) is 5.03. The number of carboxylic acids is 1. The van der Waals surface area contributed by atoms with E-state index >= 15 is 0 Å². The van der Waals surface area contributed by atoms with Crippen LogP contribution >= 0.6 is 0 Å². The van der Waals surface area contributed by atoms with Crippen molar-refractivity contribution in [3.63, 3.8) is 0 Å². The Kier molecular flexibility index (Phi) is 6.14. The number of carbonyl (C=O) groups is 2. The van der Waals surface area contributed by atoms with Gasteiger partial charge in [0.2, 0.25) is 5.91 Å². The molecule has 0 spiro atoms. The lowest BCUT2D eigenvalue weighted by Gasteiger charge is -2.15. The lowest BCUT2D eigenvalue weighted by atomic mass is 10.1. The number of nitrogens with two attached hydrogens (primary N) is 1. The Bertz CT molecular complexity index is 270. The van der Waals surface area contributed by atoms with Gasteiger partial charge in [0, 0.05) is 12.3 Å². The van der Waals surface area contributed by atoms with Gasteiger partial charge in [-0.25, -0.2) is 4.79 Å². The van der Waals surface area contributed by atoms with Crippen LogP contribution < -0.4 is 11.1 Å². The van der Waals surface area contributed by atoms with Crippen molar-refractivity contribution < 1.29 is 14.7 Å². The Morgan fingerprint density at radius 3 is 2.60 bits per heavy atom.